The molecule has 186 valence electrons. The van der Waals surface area contributed by atoms with Crippen LogP contribution in [0.3, 0.4) is 0 Å². The fourth-order valence-corrected chi connectivity index (χ4v) is 3.50. The molecule has 3 heterocycles. The highest BCUT2D eigenvalue weighted by Gasteiger charge is 2.36. The molecule has 0 aliphatic rings. The fraction of sp³-hybridized carbons (Fsp3) is 0.130. The Balaban J connectivity index is 1.99. The van der Waals surface area contributed by atoms with Crippen LogP contribution in [0.4, 0.5) is 44.4 Å². The third-order valence-electron chi connectivity index (χ3n) is 4.95. The van der Waals surface area contributed by atoms with Gasteiger partial charge in [0, 0.05) is 24.2 Å². The number of halogens is 4. The summed E-state index contributed by atoms with van der Waals surface area (Å²) in [7, 11) is 0. The van der Waals surface area contributed by atoms with Gasteiger partial charge in [-0.2, -0.15) is 13.2 Å². The average molecular weight is 504 g/mol. The van der Waals surface area contributed by atoms with Gasteiger partial charge in [0.1, 0.15) is 17.2 Å². The number of benzene rings is 1. The highest BCUT2D eigenvalue weighted by atomic mass is 19.4. The van der Waals surface area contributed by atoms with E-state index in [-0.39, 0.29) is 29.0 Å². The van der Waals surface area contributed by atoms with Crippen molar-refractivity contribution >= 4 is 40.4 Å². The van der Waals surface area contributed by atoms with Crippen molar-refractivity contribution in [3.8, 4) is 11.3 Å². The molecule has 2 N–H and O–H groups in total. The van der Waals surface area contributed by atoms with Crippen LogP contribution in [0.15, 0.2) is 59.4 Å². The maximum absolute atomic E-state index is 13.9. The number of anilines is 3. The summed E-state index contributed by atoms with van der Waals surface area (Å²) >= 11 is 0. The standard InChI is InChI=1S/C23H16F4N4O5/c1-2-35-21(32)30-20-18(14-7-10-29-17(19(14)36-20)12-5-8-28-9-6-12)31(22(33)34)13-3-4-16(24)15(11-13)23(25,26)27/h3-11H,2H2,1H3,(H,30,32)(H,33,34). The quantitative estimate of drug-likeness (QED) is 0.301. The molecule has 13 heteroatoms. The molecule has 0 saturated carbocycles. The predicted molar refractivity (Wildman–Crippen MR) is 119 cm³/mol. The van der Waals surface area contributed by atoms with E-state index in [1.54, 1.807) is 12.1 Å². The number of nitrogens with zero attached hydrogens (tertiary/aromatic N) is 3. The zero-order chi connectivity index (χ0) is 26.0. The third-order valence-corrected chi connectivity index (χ3v) is 4.95. The molecule has 4 aromatic rings. The molecule has 0 atom stereocenters. The Morgan fingerprint density at radius 2 is 1.86 bits per heavy atom. The lowest BCUT2D eigenvalue weighted by Gasteiger charge is -2.21. The number of hydrogen-bond acceptors (Lipinski definition) is 6. The second-order valence-electron chi connectivity index (χ2n) is 7.18. The van der Waals surface area contributed by atoms with Crippen LogP contribution in [-0.4, -0.2) is 33.9 Å². The van der Waals surface area contributed by atoms with Gasteiger partial charge in [0.15, 0.2) is 5.58 Å². The van der Waals surface area contributed by atoms with Crippen LogP contribution in [-0.2, 0) is 10.9 Å². The number of carboxylic acid groups (broad SMARTS) is 1. The van der Waals surface area contributed by atoms with E-state index in [9.17, 15) is 32.3 Å². The van der Waals surface area contributed by atoms with Gasteiger partial charge in [-0.1, -0.05) is 0 Å². The van der Waals surface area contributed by atoms with Gasteiger partial charge in [0.2, 0.25) is 5.88 Å². The molecule has 9 nitrogen and oxygen atoms in total. The molecular formula is C23H16F4N4O5. The fourth-order valence-electron chi connectivity index (χ4n) is 3.50. The van der Waals surface area contributed by atoms with Crippen LogP contribution in [0.5, 0.6) is 0 Å². The minimum atomic E-state index is -5.09. The average Bonchev–Trinajstić information content (AvgIpc) is 3.17. The normalized spacial score (nSPS) is 11.4. The lowest BCUT2D eigenvalue weighted by Crippen LogP contribution is -2.26. The molecule has 0 aliphatic heterocycles. The van der Waals surface area contributed by atoms with E-state index in [4.69, 9.17) is 9.15 Å². The number of nitrogens with one attached hydrogen (secondary N) is 1. The number of rotatable bonds is 5. The molecule has 0 radical (unpaired) electrons. The number of fused-ring (bicyclic) bond motifs is 1. The number of alkyl halides is 3. The zero-order valence-corrected chi connectivity index (χ0v) is 18.3. The van der Waals surface area contributed by atoms with E-state index in [1.165, 1.54) is 31.6 Å². The minimum Gasteiger partial charge on any atom is -0.464 e. The van der Waals surface area contributed by atoms with Crippen LogP contribution in [0, 0.1) is 5.82 Å². The third kappa shape index (κ3) is 4.62. The van der Waals surface area contributed by atoms with Crippen molar-refractivity contribution < 1.29 is 41.4 Å². The van der Waals surface area contributed by atoms with E-state index in [1.807, 2.05) is 0 Å². The Morgan fingerprint density at radius 3 is 2.50 bits per heavy atom. The van der Waals surface area contributed by atoms with Gasteiger partial charge < -0.3 is 14.3 Å². The maximum atomic E-state index is 13.9. The van der Waals surface area contributed by atoms with Crippen LogP contribution in [0.2, 0.25) is 0 Å². The van der Waals surface area contributed by atoms with Gasteiger partial charge in [-0.3, -0.25) is 15.3 Å². The van der Waals surface area contributed by atoms with E-state index in [0.717, 1.165) is 6.07 Å². The largest absolute Gasteiger partial charge is 0.464 e. The highest BCUT2D eigenvalue weighted by Crippen LogP contribution is 2.45. The first kappa shape index (κ1) is 24.4. The van der Waals surface area contributed by atoms with E-state index < -0.39 is 41.3 Å². The number of amides is 2. The number of furan rings is 1. The molecule has 2 amide bonds. The van der Waals surface area contributed by atoms with Crippen molar-refractivity contribution in [2.24, 2.45) is 0 Å². The van der Waals surface area contributed by atoms with Crippen LogP contribution in [0.1, 0.15) is 12.5 Å². The number of ether oxygens (including phenoxy) is 1. The van der Waals surface area contributed by atoms with Gasteiger partial charge in [0.05, 0.1) is 23.2 Å². The lowest BCUT2D eigenvalue weighted by molar-refractivity contribution is -0.139. The summed E-state index contributed by atoms with van der Waals surface area (Å²) in [5.74, 6) is -2.02. The smallest absolute Gasteiger partial charge is 0.419 e. The predicted octanol–water partition coefficient (Wildman–Crippen LogP) is 6.43. The van der Waals surface area contributed by atoms with Gasteiger partial charge >= 0.3 is 18.4 Å². The van der Waals surface area contributed by atoms with Crippen molar-refractivity contribution in [3.63, 3.8) is 0 Å². The Hall–Kier alpha value is -4.68. The number of carbonyl (C=O) groups excluding carboxylic acids is 1. The van der Waals surface area contributed by atoms with Crippen molar-refractivity contribution in [2.45, 2.75) is 13.1 Å². The summed E-state index contributed by atoms with van der Waals surface area (Å²) < 4.78 is 64.6. The van der Waals surface area contributed by atoms with Crippen LogP contribution >= 0.6 is 0 Å². The Labute approximate surface area is 199 Å². The molecule has 0 bridgehead atoms. The molecular weight excluding hydrogens is 488 g/mol. The SMILES string of the molecule is CCOC(=O)Nc1oc2c(-c3ccncc3)nccc2c1N(C(=O)O)c1ccc(F)c(C(F)(F)F)c1. The first-order chi connectivity index (χ1) is 17.1. The second-order valence-corrected chi connectivity index (χ2v) is 7.18. The molecule has 4 rings (SSSR count). The van der Waals surface area contributed by atoms with E-state index in [0.29, 0.717) is 22.6 Å². The highest BCUT2D eigenvalue weighted by molar-refractivity contribution is 6.12. The summed E-state index contributed by atoms with van der Waals surface area (Å²) in [4.78, 5) is 33.1. The molecule has 0 aliphatic carbocycles. The topological polar surface area (TPSA) is 118 Å². The first-order valence-corrected chi connectivity index (χ1v) is 10.3. The number of carbonyl (C=O) groups is 2. The molecule has 0 spiro atoms. The van der Waals surface area contributed by atoms with Gasteiger partial charge in [-0.15, -0.1) is 0 Å². The number of hydrogen-bond donors (Lipinski definition) is 2. The number of pyridine rings is 2. The van der Waals surface area contributed by atoms with Gasteiger partial charge in [0.25, 0.3) is 0 Å². The first-order valence-electron chi connectivity index (χ1n) is 10.3. The molecule has 0 fully saturated rings. The molecule has 0 saturated heterocycles. The Kier molecular flexibility index (Phi) is 6.47. The second kappa shape index (κ2) is 9.52. The molecule has 36 heavy (non-hydrogen) atoms. The summed E-state index contributed by atoms with van der Waals surface area (Å²) in [5.41, 5.74) is -1.75. The Morgan fingerprint density at radius 1 is 1.14 bits per heavy atom. The number of aromatic nitrogens is 2. The van der Waals surface area contributed by atoms with E-state index >= 15 is 0 Å². The maximum Gasteiger partial charge on any atom is 0.419 e. The van der Waals surface area contributed by atoms with Crippen molar-refractivity contribution in [3.05, 3.63) is 66.4 Å². The summed E-state index contributed by atoms with van der Waals surface area (Å²) in [6.07, 6.45) is -3.52. The van der Waals surface area contributed by atoms with Crippen LogP contribution in [0.25, 0.3) is 22.2 Å². The van der Waals surface area contributed by atoms with Crippen molar-refractivity contribution in [1.82, 2.24) is 9.97 Å². The van der Waals surface area contributed by atoms with Gasteiger partial charge in [-0.05, 0) is 43.3 Å². The minimum absolute atomic E-state index is 0.0231. The zero-order valence-electron chi connectivity index (χ0n) is 18.3. The van der Waals surface area contributed by atoms with Crippen LogP contribution < -0.4 is 10.2 Å². The van der Waals surface area contributed by atoms with Crippen molar-refractivity contribution in [2.75, 3.05) is 16.8 Å². The lowest BCUT2D eigenvalue weighted by atomic mass is 10.1. The molecule has 3 aromatic heterocycles. The Bertz CT molecular complexity index is 1440. The summed E-state index contributed by atoms with van der Waals surface area (Å²) in [6.45, 7) is 1.51. The molecule has 0 unspecified atom stereocenters. The van der Waals surface area contributed by atoms with Crippen molar-refractivity contribution in [1.29, 1.82) is 0 Å². The summed E-state index contributed by atoms with van der Waals surface area (Å²) in [5, 5.41) is 12.4. The monoisotopic (exact) mass is 504 g/mol. The molecule has 1 aromatic carbocycles. The van der Waals surface area contributed by atoms with E-state index in [2.05, 4.69) is 15.3 Å². The summed E-state index contributed by atoms with van der Waals surface area (Å²) in [6, 6.07) is 6.27. The van der Waals surface area contributed by atoms with Gasteiger partial charge in [-0.25, -0.2) is 18.9 Å².